The number of nitrogens with zero attached hydrogens (tertiary/aromatic N) is 5. The van der Waals surface area contributed by atoms with E-state index in [-0.39, 0.29) is 72.3 Å². The number of nitriles is 1. The van der Waals surface area contributed by atoms with E-state index in [1.54, 1.807) is 0 Å². The van der Waals surface area contributed by atoms with E-state index in [4.69, 9.17) is 31.8 Å². The molecule has 7 rings (SSSR count). The largest absolute Gasteiger partial charge is 0.489 e. The topological polar surface area (TPSA) is 101 Å². The number of anilines is 2. The average molecular weight is 625 g/mol. The molecule has 224 valence electrons. The number of aromatic nitrogens is 2. The molecule has 12 heteroatoms. The van der Waals surface area contributed by atoms with Gasteiger partial charge in [-0.05, 0) is 57.8 Å². The summed E-state index contributed by atoms with van der Waals surface area (Å²) in [4.78, 5) is 14.0. The van der Waals surface area contributed by atoms with Gasteiger partial charge in [0.1, 0.15) is 40.9 Å². The molecule has 2 aromatic carbocycles. The van der Waals surface area contributed by atoms with Crippen LogP contribution in [0.3, 0.4) is 0 Å². The van der Waals surface area contributed by atoms with Crippen LogP contribution in [0, 0.1) is 23.0 Å². The quantitative estimate of drug-likeness (QED) is 0.256. The van der Waals surface area contributed by atoms with E-state index in [1.807, 2.05) is 6.92 Å². The summed E-state index contributed by atoms with van der Waals surface area (Å²) in [6.45, 7) is 3.82. The maximum atomic E-state index is 17.0. The second kappa shape index (κ2) is 10.9. The fourth-order valence-corrected chi connectivity index (χ4v) is 8.36. The predicted molar refractivity (Wildman–Crippen MR) is 165 cm³/mol. The number of nitrogens with two attached hydrogens (primary N) is 1. The number of hydrogen-bond acceptors (Lipinski definition) is 9. The van der Waals surface area contributed by atoms with E-state index >= 15 is 4.39 Å². The molecule has 1 aliphatic carbocycles. The maximum Gasteiger partial charge on any atom is 0.319 e. The Bertz CT molecular complexity index is 1800. The van der Waals surface area contributed by atoms with Gasteiger partial charge in [-0.1, -0.05) is 30.5 Å². The van der Waals surface area contributed by atoms with E-state index < -0.39 is 11.6 Å². The van der Waals surface area contributed by atoms with Gasteiger partial charge >= 0.3 is 6.01 Å². The zero-order valence-electron chi connectivity index (χ0n) is 23.9. The Morgan fingerprint density at radius 2 is 1.95 bits per heavy atom. The van der Waals surface area contributed by atoms with Crippen LogP contribution in [0.2, 0.25) is 5.02 Å². The Labute approximate surface area is 257 Å². The summed E-state index contributed by atoms with van der Waals surface area (Å²) in [6, 6.07) is 5.21. The highest BCUT2D eigenvalue weighted by atomic mass is 35.5. The molecular weight excluding hydrogens is 594 g/mol. The molecule has 2 aromatic heterocycles. The number of fused-ring (bicyclic) bond motifs is 1. The number of benzene rings is 2. The van der Waals surface area contributed by atoms with Gasteiger partial charge < -0.3 is 20.1 Å². The van der Waals surface area contributed by atoms with E-state index in [9.17, 15) is 9.65 Å². The molecule has 4 heterocycles. The summed E-state index contributed by atoms with van der Waals surface area (Å²) in [5, 5.41) is 10.6. The molecule has 2 atom stereocenters. The molecule has 43 heavy (non-hydrogen) atoms. The van der Waals surface area contributed by atoms with E-state index in [0.29, 0.717) is 24.4 Å². The molecule has 8 nitrogen and oxygen atoms in total. The highest BCUT2D eigenvalue weighted by Gasteiger charge is 2.35. The zero-order chi connectivity index (χ0) is 30.0. The van der Waals surface area contributed by atoms with Gasteiger partial charge in [-0.25, -0.2) is 8.78 Å². The second-order valence-corrected chi connectivity index (χ2v) is 13.1. The second-order valence-electron chi connectivity index (χ2n) is 11.6. The van der Waals surface area contributed by atoms with Crippen molar-refractivity contribution in [1.82, 2.24) is 14.9 Å². The van der Waals surface area contributed by atoms with Gasteiger partial charge in [-0.2, -0.15) is 15.2 Å². The van der Waals surface area contributed by atoms with Crippen molar-refractivity contribution in [3.63, 3.8) is 0 Å². The van der Waals surface area contributed by atoms with Crippen molar-refractivity contribution in [2.45, 2.75) is 63.6 Å². The first-order chi connectivity index (χ1) is 20.8. The SMILES string of the molecule is C[C@H](Oc1nc2c3c(c(Cl)c(-c4ccc(F)c5sc(N)c(C#N)c45)c(F)c3n1)OCCN2C1CCCC1)[C@@H]1CCCN1C. The molecule has 1 saturated carbocycles. The minimum Gasteiger partial charge on any atom is -0.489 e. The molecule has 2 aliphatic heterocycles. The number of rotatable bonds is 5. The van der Waals surface area contributed by atoms with E-state index in [1.165, 1.54) is 12.1 Å². The van der Waals surface area contributed by atoms with E-state index in [2.05, 4.69) is 27.9 Å². The van der Waals surface area contributed by atoms with Crippen molar-refractivity contribution < 1.29 is 18.3 Å². The van der Waals surface area contributed by atoms with Gasteiger partial charge in [0.25, 0.3) is 0 Å². The van der Waals surface area contributed by atoms with Gasteiger partial charge in [0.15, 0.2) is 11.6 Å². The number of likely N-dealkylation sites (N-methyl/N-ethyl adjacent to an activating group) is 1. The Kier molecular flexibility index (Phi) is 7.19. The summed E-state index contributed by atoms with van der Waals surface area (Å²) in [5.41, 5.74) is 6.38. The summed E-state index contributed by atoms with van der Waals surface area (Å²) < 4.78 is 44.7. The summed E-state index contributed by atoms with van der Waals surface area (Å²) in [5.74, 6) is -0.471. The first kappa shape index (κ1) is 28.3. The van der Waals surface area contributed by atoms with Crippen LogP contribution in [0.5, 0.6) is 11.8 Å². The smallest absolute Gasteiger partial charge is 0.319 e. The monoisotopic (exact) mass is 624 g/mol. The lowest BCUT2D eigenvalue weighted by atomic mass is 9.96. The first-order valence-corrected chi connectivity index (χ1v) is 15.9. The summed E-state index contributed by atoms with van der Waals surface area (Å²) >= 11 is 7.95. The van der Waals surface area contributed by atoms with Crippen LogP contribution in [0.15, 0.2) is 12.1 Å². The minimum atomic E-state index is -0.721. The third-order valence-corrected chi connectivity index (χ3v) is 10.6. The van der Waals surface area contributed by atoms with Gasteiger partial charge in [0.2, 0.25) is 0 Å². The molecule has 2 fully saturated rings. The first-order valence-electron chi connectivity index (χ1n) is 14.7. The van der Waals surface area contributed by atoms with Crippen molar-refractivity contribution >= 4 is 54.7 Å². The van der Waals surface area contributed by atoms with Crippen molar-refractivity contribution in [2.24, 2.45) is 0 Å². The third-order valence-electron chi connectivity index (χ3n) is 9.17. The standard InChI is InChI=1S/C31H31ClF2N6O2S/c1-15(20-8-5-11-39(20)2)42-31-37-26-23-27(41-13-12-40(30(23)38-31)16-6-3-4-7-16)24(32)22(25(26)34)17-9-10-19(33)28-21(17)18(14-35)29(36)43-28/h9-10,15-16,20H,3-8,11-13,36H2,1-2H3/t15-,20-/m0/s1. The molecule has 3 aliphatic rings. The fourth-order valence-electron chi connectivity index (χ4n) is 7.07. The molecule has 1 saturated heterocycles. The highest BCUT2D eigenvalue weighted by Crippen LogP contribution is 2.51. The lowest BCUT2D eigenvalue weighted by molar-refractivity contribution is 0.112. The van der Waals surface area contributed by atoms with Crippen molar-refractivity contribution in [3.8, 4) is 29.0 Å². The molecule has 0 bridgehead atoms. The van der Waals surface area contributed by atoms with Gasteiger partial charge in [0.05, 0.1) is 27.2 Å². The molecule has 4 aromatic rings. The maximum absolute atomic E-state index is 17.0. The summed E-state index contributed by atoms with van der Waals surface area (Å²) in [6.07, 6.45) is 6.06. The normalized spacial score (nSPS) is 20.0. The van der Waals surface area contributed by atoms with Crippen LogP contribution < -0.4 is 20.1 Å². The van der Waals surface area contributed by atoms with Crippen LogP contribution in [0.4, 0.5) is 19.6 Å². The van der Waals surface area contributed by atoms with Crippen LogP contribution in [0.1, 0.15) is 51.0 Å². The number of nitrogen functional groups attached to an aromatic ring is 1. The van der Waals surface area contributed by atoms with E-state index in [0.717, 1.165) is 56.4 Å². The van der Waals surface area contributed by atoms with Crippen LogP contribution in [-0.2, 0) is 0 Å². The number of halogens is 3. The van der Waals surface area contributed by atoms with Crippen molar-refractivity contribution in [1.29, 1.82) is 5.26 Å². The van der Waals surface area contributed by atoms with Crippen LogP contribution in [0.25, 0.3) is 32.1 Å². The number of hydrogen-bond donors (Lipinski definition) is 1. The van der Waals surface area contributed by atoms with Crippen LogP contribution in [-0.4, -0.2) is 59.8 Å². The molecular formula is C31H31ClF2N6O2S. The molecule has 0 spiro atoms. The Morgan fingerprint density at radius 3 is 2.67 bits per heavy atom. The highest BCUT2D eigenvalue weighted by molar-refractivity contribution is 7.23. The number of thiophene rings is 1. The zero-order valence-corrected chi connectivity index (χ0v) is 25.5. The van der Waals surface area contributed by atoms with Gasteiger partial charge in [-0.15, -0.1) is 11.3 Å². The van der Waals surface area contributed by atoms with Gasteiger partial charge in [0, 0.05) is 23.0 Å². The Balaban J connectivity index is 1.49. The molecule has 0 amide bonds. The van der Waals surface area contributed by atoms with Gasteiger partial charge in [-0.3, -0.25) is 4.90 Å². The Hall–Kier alpha value is -3.46. The number of ether oxygens (including phenoxy) is 2. The number of likely N-dealkylation sites (tertiary alicyclic amines) is 1. The lowest BCUT2D eigenvalue weighted by Gasteiger charge is -2.30. The van der Waals surface area contributed by atoms with Crippen molar-refractivity contribution in [2.75, 3.05) is 37.4 Å². The molecule has 2 N–H and O–H groups in total. The lowest BCUT2D eigenvalue weighted by Crippen LogP contribution is -2.39. The Morgan fingerprint density at radius 1 is 1.16 bits per heavy atom. The predicted octanol–water partition coefficient (Wildman–Crippen LogP) is 6.90. The fraction of sp³-hybridized carbons (Fsp3) is 0.452. The average Bonchev–Trinajstić information content (AvgIpc) is 3.72. The minimum absolute atomic E-state index is 0.00505. The molecule has 0 radical (unpaired) electrons. The van der Waals surface area contributed by atoms with Crippen molar-refractivity contribution in [3.05, 3.63) is 34.4 Å². The molecule has 0 unspecified atom stereocenters. The van der Waals surface area contributed by atoms with Crippen LogP contribution >= 0.6 is 22.9 Å². The third kappa shape index (κ3) is 4.53. The summed E-state index contributed by atoms with van der Waals surface area (Å²) in [7, 11) is 2.07.